The van der Waals surface area contributed by atoms with Crippen LogP contribution in [0.4, 0.5) is 0 Å². The van der Waals surface area contributed by atoms with Crippen molar-refractivity contribution in [1.29, 1.82) is 0 Å². The Morgan fingerprint density at radius 1 is 1.37 bits per heavy atom. The minimum Gasteiger partial charge on any atom is -0.493 e. The van der Waals surface area contributed by atoms with E-state index in [9.17, 15) is 9.90 Å². The molecule has 19 heavy (non-hydrogen) atoms. The second kappa shape index (κ2) is 5.17. The summed E-state index contributed by atoms with van der Waals surface area (Å²) in [6, 6.07) is 5.62. The Morgan fingerprint density at radius 2 is 2.05 bits per heavy atom. The van der Waals surface area contributed by atoms with Gasteiger partial charge in [0.25, 0.3) is 5.56 Å². The molecule has 0 atom stereocenters. The lowest BCUT2D eigenvalue weighted by Gasteiger charge is -2.09. The fourth-order valence-electron chi connectivity index (χ4n) is 1.92. The highest BCUT2D eigenvalue weighted by molar-refractivity contribution is 9.10. The minimum absolute atomic E-state index is 0.0723. The topological polar surface area (TPSA) is 66.0 Å². The second-order valence-corrected chi connectivity index (χ2v) is 5.62. The summed E-state index contributed by atoms with van der Waals surface area (Å²) in [4.78, 5) is 18.8. The van der Waals surface area contributed by atoms with Crippen molar-refractivity contribution in [3.8, 4) is 17.3 Å². The highest BCUT2D eigenvalue weighted by Gasteiger charge is 2.15. The van der Waals surface area contributed by atoms with E-state index < -0.39 is 0 Å². The van der Waals surface area contributed by atoms with Crippen LogP contribution in [0.1, 0.15) is 30.9 Å². The average Bonchev–Trinajstić information content (AvgIpc) is 2.31. The molecule has 1 aromatic heterocycles. The molecule has 2 aromatic rings. The summed E-state index contributed by atoms with van der Waals surface area (Å²) in [7, 11) is 0. The van der Waals surface area contributed by atoms with Gasteiger partial charge in [-0.3, -0.25) is 4.79 Å². The molecule has 0 spiro atoms. The number of hydrogen-bond donors (Lipinski definition) is 2. The van der Waals surface area contributed by atoms with Crippen LogP contribution in [0.2, 0.25) is 0 Å². The van der Waals surface area contributed by atoms with Gasteiger partial charge in [0.1, 0.15) is 5.82 Å². The van der Waals surface area contributed by atoms with E-state index in [1.165, 1.54) is 0 Å². The van der Waals surface area contributed by atoms with E-state index in [0.29, 0.717) is 11.4 Å². The molecule has 1 aromatic carbocycles. The van der Waals surface area contributed by atoms with Crippen LogP contribution < -0.4 is 5.56 Å². The predicted octanol–water partition coefficient (Wildman–Crippen LogP) is 3.34. The summed E-state index contributed by atoms with van der Waals surface area (Å²) >= 11 is 3.42. The minimum atomic E-state index is -0.293. The van der Waals surface area contributed by atoms with Gasteiger partial charge < -0.3 is 10.1 Å². The number of benzene rings is 1. The third kappa shape index (κ3) is 2.71. The van der Waals surface area contributed by atoms with Crippen molar-refractivity contribution in [2.75, 3.05) is 0 Å². The van der Waals surface area contributed by atoms with E-state index in [1.807, 2.05) is 39.0 Å². The molecule has 0 unspecified atom stereocenters. The van der Waals surface area contributed by atoms with Gasteiger partial charge in [0, 0.05) is 10.0 Å². The SMILES string of the molecule is Cc1cc(-c2nc(O)c(C(C)C)c(=O)[nH]2)ccc1Br. The number of aromatic nitrogens is 2. The van der Waals surface area contributed by atoms with Crippen molar-refractivity contribution in [1.82, 2.24) is 9.97 Å². The summed E-state index contributed by atoms with van der Waals surface area (Å²) in [5, 5.41) is 9.89. The quantitative estimate of drug-likeness (QED) is 0.891. The van der Waals surface area contributed by atoms with Gasteiger partial charge in [0.05, 0.1) is 5.56 Å². The van der Waals surface area contributed by atoms with Crippen molar-refractivity contribution in [3.05, 3.63) is 44.2 Å². The van der Waals surface area contributed by atoms with E-state index in [4.69, 9.17) is 0 Å². The van der Waals surface area contributed by atoms with E-state index in [2.05, 4.69) is 25.9 Å². The van der Waals surface area contributed by atoms with Crippen LogP contribution in [0.3, 0.4) is 0 Å². The number of aromatic hydroxyl groups is 1. The van der Waals surface area contributed by atoms with Crippen LogP contribution >= 0.6 is 15.9 Å². The van der Waals surface area contributed by atoms with E-state index in [0.717, 1.165) is 15.6 Å². The molecule has 0 bridgehead atoms. The van der Waals surface area contributed by atoms with Crippen molar-refractivity contribution >= 4 is 15.9 Å². The van der Waals surface area contributed by atoms with Crippen LogP contribution in [0, 0.1) is 6.92 Å². The molecule has 2 N–H and O–H groups in total. The normalized spacial score (nSPS) is 11.0. The van der Waals surface area contributed by atoms with Crippen LogP contribution in [-0.4, -0.2) is 15.1 Å². The molecule has 0 radical (unpaired) electrons. The Balaban J connectivity index is 2.58. The first-order chi connectivity index (χ1) is 8.90. The molecule has 0 aliphatic rings. The Bertz CT molecular complexity index is 678. The third-order valence-electron chi connectivity index (χ3n) is 2.94. The maximum Gasteiger partial charge on any atom is 0.258 e. The Hall–Kier alpha value is -1.62. The first kappa shape index (κ1) is 13.8. The van der Waals surface area contributed by atoms with Crippen LogP contribution in [0.5, 0.6) is 5.88 Å². The van der Waals surface area contributed by atoms with Crippen molar-refractivity contribution < 1.29 is 5.11 Å². The summed E-state index contributed by atoms with van der Waals surface area (Å²) < 4.78 is 0.988. The molecule has 0 fully saturated rings. The molecule has 0 amide bonds. The van der Waals surface area contributed by atoms with Crippen LogP contribution in [0.25, 0.3) is 11.4 Å². The molecular weight excluding hydrogens is 308 g/mol. The van der Waals surface area contributed by atoms with Gasteiger partial charge >= 0.3 is 0 Å². The molecule has 0 aliphatic heterocycles. The van der Waals surface area contributed by atoms with Crippen LogP contribution in [0.15, 0.2) is 27.5 Å². The second-order valence-electron chi connectivity index (χ2n) is 4.77. The Labute approximate surface area is 119 Å². The summed E-state index contributed by atoms with van der Waals surface area (Å²) in [5.74, 6) is 0.105. The lowest BCUT2D eigenvalue weighted by atomic mass is 10.1. The zero-order valence-corrected chi connectivity index (χ0v) is 12.6. The van der Waals surface area contributed by atoms with Crippen molar-refractivity contribution in [2.24, 2.45) is 0 Å². The van der Waals surface area contributed by atoms with Gasteiger partial charge in [-0.25, -0.2) is 0 Å². The lowest BCUT2D eigenvalue weighted by molar-refractivity contribution is 0.440. The number of nitrogens with zero attached hydrogens (tertiary/aromatic N) is 1. The molecule has 1 heterocycles. The standard InChI is InChI=1S/C14H15BrN2O2/c1-7(2)11-13(18)16-12(17-14(11)19)9-4-5-10(15)8(3)6-9/h4-7H,1-3H3,(H2,16,17,18,19). The van der Waals surface area contributed by atoms with Gasteiger partial charge in [0.15, 0.2) is 0 Å². The molecule has 5 heteroatoms. The number of halogens is 1. The van der Waals surface area contributed by atoms with Gasteiger partial charge in [-0.05, 0) is 30.5 Å². The van der Waals surface area contributed by atoms with Crippen LogP contribution in [-0.2, 0) is 0 Å². The summed E-state index contributed by atoms with van der Waals surface area (Å²) in [6.45, 7) is 5.64. The maximum absolute atomic E-state index is 12.0. The molecule has 2 rings (SSSR count). The molecule has 0 saturated heterocycles. The van der Waals surface area contributed by atoms with Gasteiger partial charge in [0.2, 0.25) is 5.88 Å². The molecular formula is C14H15BrN2O2. The van der Waals surface area contributed by atoms with Crippen molar-refractivity contribution in [3.63, 3.8) is 0 Å². The number of hydrogen-bond acceptors (Lipinski definition) is 3. The fourth-order valence-corrected chi connectivity index (χ4v) is 2.17. The third-order valence-corrected chi connectivity index (χ3v) is 3.83. The average molecular weight is 323 g/mol. The number of aromatic amines is 1. The number of aryl methyl sites for hydroxylation is 1. The summed E-state index contributed by atoms with van der Waals surface area (Å²) in [6.07, 6.45) is 0. The molecule has 0 aliphatic carbocycles. The zero-order chi connectivity index (χ0) is 14.2. The zero-order valence-electron chi connectivity index (χ0n) is 11.0. The van der Waals surface area contributed by atoms with Gasteiger partial charge in [-0.2, -0.15) is 4.98 Å². The van der Waals surface area contributed by atoms with Crippen molar-refractivity contribution in [2.45, 2.75) is 26.7 Å². The largest absolute Gasteiger partial charge is 0.493 e. The first-order valence-corrected chi connectivity index (χ1v) is 6.79. The molecule has 4 nitrogen and oxygen atoms in total. The molecule has 0 saturated carbocycles. The highest BCUT2D eigenvalue weighted by Crippen LogP contribution is 2.25. The predicted molar refractivity (Wildman–Crippen MR) is 78.5 cm³/mol. The highest BCUT2D eigenvalue weighted by atomic mass is 79.9. The Morgan fingerprint density at radius 3 is 2.58 bits per heavy atom. The number of rotatable bonds is 2. The maximum atomic E-state index is 12.0. The first-order valence-electron chi connectivity index (χ1n) is 6.00. The van der Waals surface area contributed by atoms with E-state index in [1.54, 1.807) is 0 Å². The van der Waals surface area contributed by atoms with Gasteiger partial charge in [-0.1, -0.05) is 35.8 Å². The summed E-state index contributed by atoms with van der Waals surface area (Å²) in [5.41, 5.74) is 1.83. The van der Waals surface area contributed by atoms with Gasteiger partial charge in [-0.15, -0.1) is 0 Å². The Kier molecular flexibility index (Phi) is 3.75. The number of nitrogens with one attached hydrogen (secondary N) is 1. The van der Waals surface area contributed by atoms with E-state index >= 15 is 0 Å². The monoisotopic (exact) mass is 322 g/mol. The lowest BCUT2D eigenvalue weighted by Crippen LogP contribution is -2.16. The number of H-pyrrole nitrogens is 1. The van der Waals surface area contributed by atoms with E-state index in [-0.39, 0.29) is 17.4 Å². The smallest absolute Gasteiger partial charge is 0.258 e. The molecule has 100 valence electrons. The fraction of sp³-hybridized carbons (Fsp3) is 0.286.